The van der Waals surface area contributed by atoms with Crippen molar-refractivity contribution in [3.8, 4) is 0 Å². The van der Waals surface area contributed by atoms with Crippen LogP contribution in [-0.4, -0.2) is 4.87 Å². The van der Waals surface area contributed by atoms with Crippen molar-refractivity contribution in [1.29, 1.82) is 0 Å². The maximum atomic E-state index is 6.67. The van der Waals surface area contributed by atoms with Crippen LogP contribution >= 0.6 is 11.6 Å². The minimum atomic E-state index is -0.414. The molecule has 0 aliphatic heterocycles. The number of allylic oxidation sites excluding steroid dienone is 1. The van der Waals surface area contributed by atoms with Gasteiger partial charge in [-0.2, -0.15) is 0 Å². The molecule has 100 valence electrons. The van der Waals surface area contributed by atoms with Crippen LogP contribution in [0.25, 0.3) is 0 Å². The molecule has 3 N–H and O–H groups in total. The Labute approximate surface area is 120 Å². The Morgan fingerprint density at radius 3 is 1.53 bits per heavy atom. The van der Waals surface area contributed by atoms with Crippen molar-refractivity contribution in [2.45, 2.75) is 17.7 Å². The zero-order valence-electron chi connectivity index (χ0n) is 11.1. The second kappa shape index (κ2) is 7.13. The van der Waals surface area contributed by atoms with E-state index in [9.17, 15) is 0 Å². The largest absolute Gasteiger partial charge is 0.344 e. The lowest BCUT2D eigenvalue weighted by Gasteiger charge is -2.23. The van der Waals surface area contributed by atoms with E-state index in [1.165, 1.54) is 11.1 Å². The van der Waals surface area contributed by atoms with Gasteiger partial charge < -0.3 is 6.15 Å². The third-order valence-electron chi connectivity index (χ3n) is 3.05. The number of halogens is 1. The number of hydrogen-bond donors (Lipinski definition) is 1. The maximum Gasteiger partial charge on any atom is 0.0703 e. The highest BCUT2D eigenvalue weighted by atomic mass is 35.5. The summed E-state index contributed by atoms with van der Waals surface area (Å²) in [4.78, 5) is -0.414. The third-order valence-corrected chi connectivity index (χ3v) is 3.47. The number of benzene rings is 2. The van der Waals surface area contributed by atoms with Crippen molar-refractivity contribution in [3.05, 3.63) is 84.4 Å². The Balaban J connectivity index is 0.00000180. The predicted octanol–water partition coefficient (Wildman–Crippen LogP) is 4.80. The monoisotopic (exact) mass is 273 g/mol. The zero-order valence-corrected chi connectivity index (χ0v) is 11.8. The number of alkyl halides is 1. The average Bonchev–Trinajstić information content (AvgIpc) is 2.41. The zero-order chi connectivity index (χ0) is 12.8. The predicted molar refractivity (Wildman–Crippen MR) is 84.1 cm³/mol. The van der Waals surface area contributed by atoms with E-state index in [4.69, 9.17) is 11.6 Å². The van der Waals surface area contributed by atoms with Gasteiger partial charge in [-0.05, 0) is 24.0 Å². The first kappa shape index (κ1) is 15.5. The van der Waals surface area contributed by atoms with E-state index in [-0.39, 0.29) is 6.15 Å². The van der Waals surface area contributed by atoms with Gasteiger partial charge in [-0.3, -0.25) is 0 Å². The van der Waals surface area contributed by atoms with E-state index in [1.807, 2.05) is 42.5 Å². The molecule has 2 rings (SSSR count). The van der Waals surface area contributed by atoms with Gasteiger partial charge in [0, 0.05) is 0 Å². The van der Waals surface area contributed by atoms with Crippen molar-refractivity contribution >= 4 is 11.6 Å². The van der Waals surface area contributed by atoms with E-state index in [2.05, 4.69) is 30.8 Å². The highest BCUT2D eigenvalue weighted by Gasteiger charge is 2.24. The molecule has 0 aromatic heterocycles. The number of hydrogen-bond acceptors (Lipinski definition) is 1. The standard InChI is InChI=1S/C17H17Cl.H3N/c1-2-17(18,13-15-9-5-3-6-10-15)14-16-11-7-4-8-12-16;/h2-12H,1,13-14H2;1H3. The highest BCUT2D eigenvalue weighted by Crippen LogP contribution is 2.27. The van der Waals surface area contributed by atoms with Gasteiger partial charge >= 0.3 is 0 Å². The summed E-state index contributed by atoms with van der Waals surface area (Å²) in [5.41, 5.74) is 2.48. The Bertz CT molecular complexity index is 452. The average molecular weight is 274 g/mol. The van der Waals surface area contributed by atoms with Crippen LogP contribution < -0.4 is 6.15 Å². The van der Waals surface area contributed by atoms with Crippen molar-refractivity contribution in [2.24, 2.45) is 0 Å². The van der Waals surface area contributed by atoms with E-state index in [0.29, 0.717) is 0 Å². The summed E-state index contributed by atoms with van der Waals surface area (Å²) < 4.78 is 0. The summed E-state index contributed by atoms with van der Waals surface area (Å²) >= 11 is 6.67. The van der Waals surface area contributed by atoms with Crippen molar-refractivity contribution < 1.29 is 0 Å². The number of rotatable bonds is 5. The van der Waals surface area contributed by atoms with Crippen LogP contribution in [0.2, 0.25) is 0 Å². The molecule has 2 aromatic carbocycles. The fourth-order valence-corrected chi connectivity index (χ4v) is 2.39. The summed E-state index contributed by atoms with van der Waals surface area (Å²) in [6.07, 6.45) is 3.45. The molecule has 2 aromatic rings. The first-order valence-corrected chi connectivity index (χ1v) is 6.50. The minimum Gasteiger partial charge on any atom is -0.344 e. The maximum absolute atomic E-state index is 6.67. The van der Waals surface area contributed by atoms with Crippen molar-refractivity contribution in [3.63, 3.8) is 0 Å². The molecule has 0 saturated carbocycles. The Morgan fingerprint density at radius 1 is 0.842 bits per heavy atom. The first-order valence-electron chi connectivity index (χ1n) is 6.12. The van der Waals surface area contributed by atoms with Gasteiger partial charge in [0.05, 0.1) is 4.87 Å². The Morgan fingerprint density at radius 2 is 1.21 bits per heavy atom. The molecule has 0 fully saturated rings. The van der Waals surface area contributed by atoms with Crippen LogP contribution in [0.3, 0.4) is 0 Å². The van der Waals surface area contributed by atoms with Gasteiger partial charge in [0.15, 0.2) is 0 Å². The third kappa shape index (κ3) is 4.55. The van der Waals surface area contributed by atoms with Gasteiger partial charge in [0.1, 0.15) is 0 Å². The van der Waals surface area contributed by atoms with Crippen LogP contribution in [0.5, 0.6) is 0 Å². The molecule has 0 heterocycles. The SMILES string of the molecule is C=CC(Cl)(Cc1ccccc1)Cc1ccccc1.N. The van der Waals surface area contributed by atoms with Crippen LogP contribution in [0.4, 0.5) is 0 Å². The van der Waals surface area contributed by atoms with E-state index in [0.717, 1.165) is 12.8 Å². The lowest BCUT2D eigenvalue weighted by molar-refractivity contribution is 0.688. The van der Waals surface area contributed by atoms with Crippen molar-refractivity contribution in [1.82, 2.24) is 6.15 Å². The Kier molecular flexibility index (Phi) is 5.81. The molecule has 0 aliphatic carbocycles. The van der Waals surface area contributed by atoms with Crippen molar-refractivity contribution in [2.75, 3.05) is 0 Å². The fraction of sp³-hybridized carbons (Fsp3) is 0.176. The molecule has 0 bridgehead atoms. The molecule has 19 heavy (non-hydrogen) atoms. The lowest BCUT2D eigenvalue weighted by Crippen LogP contribution is -2.24. The summed E-state index contributed by atoms with van der Waals surface area (Å²) in [5, 5.41) is 0. The fourth-order valence-electron chi connectivity index (χ4n) is 2.08. The first-order chi connectivity index (χ1) is 8.72. The molecule has 0 unspecified atom stereocenters. The van der Waals surface area contributed by atoms with Crippen LogP contribution in [0, 0.1) is 0 Å². The van der Waals surface area contributed by atoms with Gasteiger partial charge in [-0.25, -0.2) is 0 Å². The normalized spacial score (nSPS) is 10.6. The Hall–Kier alpha value is -1.57. The van der Waals surface area contributed by atoms with Crippen LogP contribution in [0.15, 0.2) is 73.3 Å². The molecule has 0 amide bonds. The van der Waals surface area contributed by atoms with Gasteiger partial charge in [-0.1, -0.05) is 66.7 Å². The van der Waals surface area contributed by atoms with Crippen LogP contribution in [0.1, 0.15) is 11.1 Å². The topological polar surface area (TPSA) is 35.0 Å². The second-order valence-corrected chi connectivity index (χ2v) is 5.32. The molecular formula is C17H20ClN. The van der Waals surface area contributed by atoms with Gasteiger partial charge in [-0.15, -0.1) is 18.2 Å². The van der Waals surface area contributed by atoms with Crippen LogP contribution in [-0.2, 0) is 12.8 Å². The summed E-state index contributed by atoms with van der Waals surface area (Å²) in [6, 6.07) is 20.6. The molecule has 0 saturated heterocycles. The molecule has 1 nitrogen and oxygen atoms in total. The summed E-state index contributed by atoms with van der Waals surface area (Å²) in [7, 11) is 0. The van der Waals surface area contributed by atoms with E-state index in [1.54, 1.807) is 0 Å². The quantitative estimate of drug-likeness (QED) is 0.616. The molecule has 0 radical (unpaired) electrons. The smallest absolute Gasteiger partial charge is 0.0703 e. The second-order valence-electron chi connectivity index (χ2n) is 4.56. The minimum absolute atomic E-state index is 0. The van der Waals surface area contributed by atoms with Gasteiger partial charge in [0.25, 0.3) is 0 Å². The summed E-state index contributed by atoms with van der Waals surface area (Å²) in [6.45, 7) is 3.89. The van der Waals surface area contributed by atoms with Gasteiger partial charge in [0.2, 0.25) is 0 Å². The summed E-state index contributed by atoms with van der Waals surface area (Å²) in [5.74, 6) is 0. The molecule has 0 aliphatic rings. The lowest BCUT2D eigenvalue weighted by atomic mass is 9.92. The molecular weight excluding hydrogens is 254 g/mol. The highest BCUT2D eigenvalue weighted by molar-refractivity contribution is 6.25. The molecule has 0 atom stereocenters. The molecule has 2 heteroatoms. The molecule has 0 spiro atoms. The van der Waals surface area contributed by atoms with E-state index < -0.39 is 4.87 Å². The van der Waals surface area contributed by atoms with E-state index >= 15 is 0 Å².